The number of piperazine rings is 1. The van der Waals surface area contributed by atoms with Crippen molar-refractivity contribution < 1.29 is 28.6 Å². The Morgan fingerprint density at radius 1 is 1.12 bits per heavy atom. The van der Waals surface area contributed by atoms with E-state index in [2.05, 4.69) is 15.2 Å². The first kappa shape index (κ1) is 29.5. The average molecular weight is 585 g/mol. The van der Waals surface area contributed by atoms with E-state index < -0.39 is 23.2 Å². The summed E-state index contributed by atoms with van der Waals surface area (Å²) in [5.74, 6) is -1.80. The van der Waals surface area contributed by atoms with E-state index in [0.717, 1.165) is 38.8 Å². The highest BCUT2D eigenvalue weighted by Crippen LogP contribution is 2.42. The van der Waals surface area contributed by atoms with Crippen LogP contribution >= 0.6 is 0 Å². The van der Waals surface area contributed by atoms with E-state index >= 15 is 4.39 Å². The van der Waals surface area contributed by atoms with Gasteiger partial charge >= 0.3 is 11.9 Å². The van der Waals surface area contributed by atoms with Gasteiger partial charge in [-0.15, -0.1) is 5.10 Å². The number of anilines is 1. The molecule has 2 aliphatic rings. The zero-order valence-electron chi connectivity index (χ0n) is 24.1. The van der Waals surface area contributed by atoms with Crippen LogP contribution in [0.5, 0.6) is 5.75 Å². The Morgan fingerprint density at radius 3 is 2.62 bits per heavy atom. The third-order valence-electron chi connectivity index (χ3n) is 7.90. The topological polar surface area (TPSA) is 132 Å². The summed E-state index contributed by atoms with van der Waals surface area (Å²) in [5, 5.41) is 16.9. The fraction of sp³-hybridized carbons (Fsp3) is 0.552. The van der Waals surface area contributed by atoms with Gasteiger partial charge in [0.05, 0.1) is 23.1 Å². The Bertz CT molecular complexity index is 1510. The molecular formula is C29H37FN6O6. The average Bonchev–Trinajstić information content (AvgIpc) is 3.42. The van der Waals surface area contributed by atoms with Crippen molar-refractivity contribution in [2.24, 2.45) is 0 Å². The van der Waals surface area contributed by atoms with Gasteiger partial charge in [-0.05, 0) is 32.9 Å². The van der Waals surface area contributed by atoms with E-state index in [1.807, 2.05) is 23.4 Å². The molecule has 0 saturated carbocycles. The van der Waals surface area contributed by atoms with Crippen LogP contribution in [0, 0.1) is 5.82 Å². The molecule has 4 heterocycles. The molecular weight excluding hydrogens is 547 g/mol. The highest BCUT2D eigenvalue weighted by Gasteiger charge is 2.31. The molecule has 0 radical (unpaired) electrons. The van der Waals surface area contributed by atoms with Crippen LogP contribution in [-0.4, -0.2) is 81.3 Å². The SMILES string of the molecule is C[C@H]1COc2c(N3CCN(C)CC3)c(F)cc3c(=O)c(C(=O)OCc4cn(CCCCCCCC(=O)O)nn4)cn1c23. The summed E-state index contributed by atoms with van der Waals surface area (Å²) >= 11 is 0. The second-order valence-electron chi connectivity index (χ2n) is 11.1. The second-order valence-corrected chi connectivity index (χ2v) is 11.1. The number of ether oxygens (including phenoxy) is 2. The first-order valence-electron chi connectivity index (χ1n) is 14.5. The minimum Gasteiger partial charge on any atom is -0.487 e. The number of aliphatic carboxylic acids is 1. The monoisotopic (exact) mass is 584 g/mol. The van der Waals surface area contributed by atoms with Gasteiger partial charge < -0.3 is 28.9 Å². The molecule has 13 heteroatoms. The van der Waals surface area contributed by atoms with Gasteiger partial charge in [0.25, 0.3) is 0 Å². The Kier molecular flexibility index (Phi) is 9.05. The molecule has 5 rings (SSSR count). The summed E-state index contributed by atoms with van der Waals surface area (Å²) in [4.78, 5) is 41.2. The summed E-state index contributed by atoms with van der Waals surface area (Å²) in [6.07, 6.45) is 7.68. The fourth-order valence-corrected chi connectivity index (χ4v) is 5.49. The Balaban J connectivity index is 1.27. The minimum absolute atomic E-state index is 0.0790. The Morgan fingerprint density at radius 2 is 1.86 bits per heavy atom. The van der Waals surface area contributed by atoms with Crippen molar-refractivity contribution >= 4 is 28.5 Å². The molecule has 0 bridgehead atoms. The van der Waals surface area contributed by atoms with Gasteiger partial charge in [0, 0.05) is 45.3 Å². The van der Waals surface area contributed by atoms with Crippen LogP contribution in [0.15, 0.2) is 23.3 Å². The van der Waals surface area contributed by atoms with Crippen molar-refractivity contribution in [1.82, 2.24) is 24.5 Å². The number of halogens is 1. The zero-order valence-corrected chi connectivity index (χ0v) is 24.1. The van der Waals surface area contributed by atoms with Gasteiger partial charge in [-0.2, -0.15) is 0 Å². The van der Waals surface area contributed by atoms with Gasteiger partial charge in [-0.25, -0.2) is 9.18 Å². The molecule has 0 amide bonds. The number of carboxylic acids is 1. The lowest BCUT2D eigenvalue weighted by atomic mass is 10.1. The van der Waals surface area contributed by atoms with E-state index in [1.54, 1.807) is 10.9 Å². The number of esters is 1. The van der Waals surface area contributed by atoms with Crippen molar-refractivity contribution in [2.75, 3.05) is 44.7 Å². The van der Waals surface area contributed by atoms with Crippen LogP contribution in [0.3, 0.4) is 0 Å². The van der Waals surface area contributed by atoms with Gasteiger partial charge in [0.15, 0.2) is 11.6 Å². The van der Waals surface area contributed by atoms with E-state index in [-0.39, 0.29) is 36.6 Å². The molecule has 0 spiro atoms. The number of pyridine rings is 1. The van der Waals surface area contributed by atoms with Gasteiger partial charge in [0.2, 0.25) is 5.43 Å². The molecule has 0 unspecified atom stereocenters. The number of carbonyl (C=O) groups is 2. The standard InChI is InChI=1S/C29H37FN6O6/c1-19-17-41-28-25-21(14-23(30)26(28)34-12-10-33(2)11-13-34)27(39)22(16-36(19)25)29(40)42-18-20-15-35(32-31-20)9-7-5-3-4-6-8-24(37)38/h14-16,19H,3-13,17-18H2,1-2H3,(H,37,38)/t19-/m0/s1. The van der Waals surface area contributed by atoms with Crippen molar-refractivity contribution in [3.8, 4) is 5.75 Å². The fourth-order valence-electron chi connectivity index (χ4n) is 5.49. The summed E-state index contributed by atoms with van der Waals surface area (Å²) in [6, 6.07) is 1.02. The van der Waals surface area contributed by atoms with Crippen LogP contribution in [0.4, 0.5) is 10.1 Å². The zero-order chi connectivity index (χ0) is 29.8. The van der Waals surface area contributed by atoms with Crippen molar-refractivity contribution in [3.05, 3.63) is 45.8 Å². The summed E-state index contributed by atoms with van der Waals surface area (Å²) in [5.41, 5.74) is 0.493. The smallest absolute Gasteiger partial charge is 0.344 e. The number of aryl methyl sites for hydroxylation is 1. The Hall–Kier alpha value is -4.00. The van der Waals surface area contributed by atoms with E-state index in [4.69, 9.17) is 14.6 Å². The summed E-state index contributed by atoms with van der Waals surface area (Å²) in [7, 11) is 2.02. The quantitative estimate of drug-likeness (QED) is 0.250. The lowest BCUT2D eigenvalue weighted by molar-refractivity contribution is -0.137. The first-order chi connectivity index (χ1) is 20.2. The number of benzene rings is 1. The van der Waals surface area contributed by atoms with Crippen LogP contribution < -0.4 is 15.1 Å². The molecule has 226 valence electrons. The number of carbonyl (C=O) groups excluding carboxylic acids is 1. The lowest BCUT2D eigenvalue weighted by Crippen LogP contribution is -2.45. The molecule has 0 aliphatic carbocycles. The molecule has 12 nitrogen and oxygen atoms in total. The molecule has 1 atom stereocenters. The molecule has 2 aliphatic heterocycles. The highest BCUT2D eigenvalue weighted by atomic mass is 19.1. The van der Waals surface area contributed by atoms with Crippen molar-refractivity contribution in [3.63, 3.8) is 0 Å². The molecule has 1 saturated heterocycles. The summed E-state index contributed by atoms with van der Waals surface area (Å²) < 4.78 is 30.5. The highest BCUT2D eigenvalue weighted by molar-refractivity contribution is 5.98. The largest absolute Gasteiger partial charge is 0.487 e. The number of hydrogen-bond acceptors (Lipinski definition) is 9. The number of hydrogen-bond donors (Lipinski definition) is 1. The lowest BCUT2D eigenvalue weighted by Gasteiger charge is -2.37. The third kappa shape index (κ3) is 6.40. The molecule has 1 N–H and O–H groups in total. The van der Waals surface area contributed by atoms with Gasteiger partial charge in [-0.1, -0.05) is 24.5 Å². The van der Waals surface area contributed by atoms with Crippen LogP contribution in [-0.2, 0) is 22.7 Å². The normalized spacial score (nSPS) is 16.9. The molecule has 42 heavy (non-hydrogen) atoms. The number of carboxylic acid groups (broad SMARTS) is 1. The molecule has 1 fully saturated rings. The first-order valence-corrected chi connectivity index (χ1v) is 14.5. The summed E-state index contributed by atoms with van der Waals surface area (Å²) in [6.45, 7) is 5.51. The van der Waals surface area contributed by atoms with Gasteiger partial charge in [0.1, 0.15) is 30.2 Å². The number of nitrogens with zero attached hydrogens (tertiary/aromatic N) is 6. The minimum atomic E-state index is -0.814. The number of rotatable bonds is 12. The predicted octanol–water partition coefficient (Wildman–Crippen LogP) is 3.22. The van der Waals surface area contributed by atoms with Crippen LogP contribution in [0.25, 0.3) is 10.9 Å². The second kappa shape index (κ2) is 12.9. The molecule has 2 aromatic heterocycles. The van der Waals surface area contributed by atoms with Crippen molar-refractivity contribution in [2.45, 2.75) is 64.6 Å². The number of aromatic nitrogens is 4. The number of likely N-dealkylation sites (N-methyl/N-ethyl adjacent to an activating group) is 1. The maximum Gasteiger partial charge on any atom is 0.344 e. The van der Waals surface area contributed by atoms with Crippen molar-refractivity contribution in [1.29, 1.82) is 0 Å². The van der Waals surface area contributed by atoms with Crippen LogP contribution in [0.2, 0.25) is 0 Å². The van der Waals surface area contributed by atoms with Gasteiger partial charge in [-0.3, -0.25) is 14.3 Å². The van der Waals surface area contributed by atoms with Crippen LogP contribution in [0.1, 0.15) is 67.5 Å². The number of unbranched alkanes of at least 4 members (excludes halogenated alkanes) is 4. The third-order valence-corrected chi connectivity index (χ3v) is 7.90. The van der Waals surface area contributed by atoms with E-state index in [9.17, 15) is 14.4 Å². The maximum absolute atomic E-state index is 15.5. The predicted molar refractivity (Wildman–Crippen MR) is 153 cm³/mol. The van der Waals surface area contributed by atoms with E-state index in [0.29, 0.717) is 48.7 Å². The molecule has 1 aromatic carbocycles. The maximum atomic E-state index is 15.5. The molecule has 3 aromatic rings. The Labute approximate surface area is 242 Å². The van der Waals surface area contributed by atoms with E-state index in [1.165, 1.54) is 12.3 Å².